The van der Waals surface area contributed by atoms with Gasteiger partial charge in [0.25, 0.3) is 0 Å². The van der Waals surface area contributed by atoms with Crippen molar-refractivity contribution in [3.8, 4) is 0 Å². The summed E-state index contributed by atoms with van der Waals surface area (Å²) in [6.07, 6.45) is 2.09. The minimum atomic E-state index is -0.159. The molecular formula is C18H31FN2. The Morgan fingerprint density at radius 1 is 1.19 bits per heavy atom. The van der Waals surface area contributed by atoms with Crippen molar-refractivity contribution in [3.63, 3.8) is 0 Å². The quantitative estimate of drug-likeness (QED) is 0.727. The molecule has 2 unspecified atom stereocenters. The smallest absolute Gasteiger partial charge is 0.123 e. The number of nitrogens with one attached hydrogen (secondary N) is 1. The van der Waals surface area contributed by atoms with Gasteiger partial charge in [-0.1, -0.05) is 39.8 Å². The highest BCUT2D eigenvalue weighted by atomic mass is 19.1. The van der Waals surface area contributed by atoms with Gasteiger partial charge in [0.1, 0.15) is 5.82 Å². The zero-order chi connectivity index (χ0) is 15.9. The monoisotopic (exact) mass is 294 g/mol. The summed E-state index contributed by atoms with van der Waals surface area (Å²) in [5.74, 6) is -0.159. The molecule has 2 atom stereocenters. The third kappa shape index (κ3) is 4.27. The lowest BCUT2D eigenvalue weighted by atomic mass is 9.82. The number of hydrogen-bond acceptors (Lipinski definition) is 2. The van der Waals surface area contributed by atoms with Gasteiger partial charge in [-0.25, -0.2) is 4.39 Å². The molecule has 0 heterocycles. The zero-order valence-electron chi connectivity index (χ0n) is 14.2. The van der Waals surface area contributed by atoms with E-state index in [0.29, 0.717) is 0 Å². The first-order valence-electron chi connectivity index (χ1n) is 8.27. The number of nitrogens with zero attached hydrogens (tertiary/aromatic N) is 1. The van der Waals surface area contributed by atoms with Crippen LogP contribution in [0, 0.1) is 5.82 Å². The molecule has 21 heavy (non-hydrogen) atoms. The number of hydrogen-bond donors (Lipinski definition) is 1. The van der Waals surface area contributed by atoms with Crippen LogP contribution in [0.3, 0.4) is 0 Å². The minimum absolute atomic E-state index is 0.0214. The average molecular weight is 294 g/mol. The molecule has 1 aromatic rings. The molecule has 0 amide bonds. The van der Waals surface area contributed by atoms with Gasteiger partial charge in [0.2, 0.25) is 0 Å². The van der Waals surface area contributed by atoms with Crippen molar-refractivity contribution in [2.75, 3.05) is 19.6 Å². The molecule has 0 bridgehead atoms. The fraction of sp³-hybridized carbons (Fsp3) is 0.667. The van der Waals surface area contributed by atoms with E-state index in [4.69, 9.17) is 0 Å². The maximum Gasteiger partial charge on any atom is 0.123 e. The molecular weight excluding hydrogens is 263 g/mol. The highest BCUT2D eigenvalue weighted by Crippen LogP contribution is 2.34. The molecule has 0 radical (unpaired) electrons. The Balaban J connectivity index is 3.20. The zero-order valence-corrected chi connectivity index (χ0v) is 14.2. The summed E-state index contributed by atoms with van der Waals surface area (Å²) < 4.78 is 13.7. The molecule has 0 fully saturated rings. The van der Waals surface area contributed by atoms with Crippen LogP contribution < -0.4 is 5.32 Å². The Morgan fingerprint density at radius 3 is 2.33 bits per heavy atom. The van der Waals surface area contributed by atoms with Gasteiger partial charge in [0.05, 0.1) is 6.04 Å². The fourth-order valence-corrected chi connectivity index (χ4v) is 3.23. The number of halogens is 1. The molecule has 0 spiro atoms. The first-order valence-corrected chi connectivity index (χ1v) is 8.27. The Labute approximate surface area is 129 Å². The summed E-state index contributed by atoms with van der Waals surface area (Å²) in [5.41, 5.74) is 1.02. The third-order valence-electron chi connectivity index (χ3n) is 4.60. The van der Waals surface area contributed by atoms with Crippen molar-refractivity contribution in [3.05, 3.63) is 35.6 Å². The van der Waals surface area contributed by atoms with Crippen molar-refractivity contribution in [2.45, 2.75) is 59.0 Å². The van der Waals surface area contributed by atoms with Crippen LogP contribution in [0.25, 0.3) is 0 Å². The summed E-state index contributed by atoms with van der Waals surface area (Å²) in [7, 11) is 0. The maximum absolute atomic E-state index is 13.7. The lowest BCUT2D eigenvalue weighted by Gasteiger charge is -2.46. The lowest BCUT2D eigenvalue weighted by Crippen LogP contribution is -2.54. The summed E-state index contributed by atoms with van der Waals surface area (Å²) in [4.78, 5) is 2.48. The van der Waals surface area contributed by atoms with E-state index < -0.39 is 0 Å². The van der Waals surface area contributed by atoms with Crippen LogP contribution in [0.2, 0.25) is 0 Å². The van der Waals surface area contributed by atoms with Crippen LogP contribution in [-0.4, -0.2) is 30.1 Å². The molecule has 0 saturated carbocycles. The summed E-state index contributed by atoms with van der Waals surface area (Å²) in [6, 6.07) is 7.17. The number of rotatable bonds is 9. The standard InChI is InChI=1S/C18H31FN2/c1-6-13-20-17(15-11-10-12-16(19)14-15)18(5,7-2)21(8-3)9-4/h10-12,14,17,20H,6-9,13H2,1-5H3. The van der Waals surface area contributed by atoms with Crippen molar-refractivity contribution < 1.29 is 4.39 Å². The number of likely N-dealkylation sites (N-methyl/N-ethyl adjacent to an activating group) is 1. The van der Waals surface area contributed by atoms with E-state index in [2.05, 4.69) is 44.8 Å². The first kappa shape index (κ1) is 18.1. The van der Waals surface area contributed by atoms with Crippen LogP contribution in [0.1, 0.15) is 59.1 Å². The van der Waals surface area contributed by atoms with Crippen LogP contribution in [0.4, 0.5) is 4.39 Å². The van der Waals surface area contributed by atoms with Crippen molar-refractivity contribution >= 4 is 0 Å². The molecule has 1 aromatic carbocycles. The SMILES string of the molecule is CCCNC(c1cccc(F)c1)C(C)(CC)N(CC)CC. The van der Waals surface area contributed by atoms with Gasteiger partial charge in [-0.3, -0.25) is 4.90 Å². The second kappa shape index (κ2) is 8.50. The molecule has 0 aliphatic rings. The second-order valence-electron chi connectivity index (χ2n) is 5.83. The first-order chi connectivity index (χ1) is 10.0. The highest BCUT2D eigenvalue weighted by molar-refractivity contribution is 5.24. The van der Waals surface area contributed by atoms with Crippen LogP contribution >= 0.6 is 0 Å². The van der Waals surface area contributed by atoms with E-state index in [1.807, 2.05) is 12.1 Å². The van der Waals surface area contributed by atoms with Crippen LogP contribution in [-0.2, 0) is 0 Å². The molecule has 1 N–H and O–H groups in total. The Bertz CT molecular complexity index is 417. The highest BCUT2D eigenvalue weighted by Gasteiger charge is 2.37. The minimum Gasteiger partial charge on any atom is -0.308 e. The Morgan fingerprint density at radius 2 is 1.86 bits per heavy atom. The van der Waals surface area contributed by atoms with Gasteiger partial charge in [0, 0.05) is 5.54 Å². The maximum atomic E-state index is 13.7. The Hall–Kier alpha value is -0.930. The van der Waals surface area contributed by atoms with E-state index in [0.717, 1.165) is 38.0 Å². The topological polar surface area (TPSA) is 15.3 Å². The summed E-state index contributed by atoms with van der Waals surface area (Å²) in [6.45, 7) is 14.0. The van der Waals surface area contributed by atoms with Gasteiger partial charge < -0.3 is 5.32 Å². The van der Waals surface area contributed by atoms with Gasteiger partial charge in [-0.05, 0) is 57.1 Å². The average Bonchev–Trinajstić information content (AvgIpc) is 2.48. The summed E-state index contributed by atoms with van der Waals surface area (Å²) in [5, 5.41) is 3.65. The van der Waals surface area contributed by atoms with E-state index in [9.17, 15) is 4.39 Å². The van der Waals surface area contributed by atoms with E-state index in [1.165, 1.54) is 6.07 Å². The van der Waals surface area contributed by atoms with Crippen molar-refractivity contribution in [1.29, 1.82) is 0 Å². The van der Waals surface area contributed by atoms with Crippen molar-refractivity contribution in [1.82, 2.24) is 10.2 Å². The molecule has 0 aliphatic heterocycles. The van der Waals surface area contributed by atoms with E-state index >= 15 is 0 Å². The van der Waals surface area contributed by atoms with Gasteiger partial charge in [-0.15, -0.1) is 0 Å². The van der Waals surface area contributed by atoms with Crippen LogP contribution in [0.15, 0.2) is 24.3 Å². The molecule has 2 nitrogen and oxygen atoms in total. The van der Waals surface area contributed by atoms with Gasteiger partial charge in [0.15, 0.2) is 0 Å². The molecule has 3 heteroatoms. The van der Waals surface area contributed by atoms with Gasteiger partial charge in [-0.2, -0.15) is 0 Å². The third-order valence-corrected chi connectivity index (χ3v) is 4.60. The summed E-state index contributed by atoms with van der Waals surface area (Å²) >= 11 is 0. The van der Waals surface area contributed by atoms with E-state index in [1.54, 1.807) is 6.07 Å². The van der Waals surface area contributed by atoms with Gasteiger partial charge >= 0.3 is 0 Å². The largest absolute Gasteiger partial charge is 0.308 e. The van der Waals surface area contributed by atoms with E-state index in [-0.39, 0.29) is 17.4 Å². The predicted molar refractivity (Wildman–Crippen MR) is 89.1 cm³/mol. The van der Waals surface area contributed by atoms with Crippen LogP contribution in [0.5, 0.6) is 0 Å². The molecule has 0 saturated heterocycles. The number of benzene rings is 1. The molecule has 0 aromatic heterocycles. The molecule has 0 aliphatic carbocycles. The predicted octanol–water partition coefficient (Wildman–Crippen LogP) is 4.38. The fourth-order valence-electron chi connectivity index (χ4n) is 3.23. The molecule has 120 valence electrons. The van der Waals surface area contributed by atoms with Crippen molar-refractivity contribution in [2.24, 2.45) is 0 Å². The lowest BCUT2D eigenvalue weighted by molar-refractivity contribution is 0.0697. The molecule has 1 rings (SSSR count). The Kier molecular flexibility index (Phi) is 7.33. The normalized spacial score (nSPS) is 16.0. The second-order valence-corrected chi connectivity index (χ2v) is 5.83.